The highest BCUT2D eigenvalue weighted by Crippen LogP contribution is 2.42. The van der Waals surface area contributed by atoms with Crippen LogP contribution in [0.1, 0.15) is 104 Å². The Bertz CT molecular complexity index is 1960. The van der Waals surface area contributed by atoms with Crippen LogP contribution in [0.15, 0.2) is 83.6 Å². The molecule has 1 aliphatic rings. The number of aliphatic imine (C=N–C) groups is 1. The summed E-state index contributed by atoms with van der Waals surface area (Å²) >= 11 is 0. The molecule has 2 amide bonds. The maximum atomic E-state index is 13.5. The summed E-state index contributed by atoms with van der Waals surface area (Å²) in [7, 11) is 0.0576. The van der Waals surface area contributed by atoms with Crippen molar-refractivity contribution in [1.29, 1.82) is 0 Å². The van der Waals surface area contributed by atoms with Crippen LogP contribution in [0.2, 0.25) is 16.6 Å². The first-order chi connectivity index (χ1) is 26.0. The maximum Gasteiger partial charge on any atom is 0.320 e. The second-order valence-electron chi connectivity index (χ2n) is 16.8. The third kappa shape index (κ3) is 9.77. The Balaban J connectivity index is 1.29. The highest BCUT2D eigenvalue weighted by atomic mass is 28.4. The number of aromatic nitrogens is 3. The van der Waals surface area contributed by atoms with Gasteiger partial charge in [-0.25, -0.2) is 9.79 Å². The first-order valence-electron chi connectivity index (χ1n) is 19.7. The van der Waals surface area contributed by atoms with Gasteiger partial charge in [-0.05, 0) is 71.8 Å². The number of aryl methyl sites for hydroxylation is 1. The molecule has 1 aliphatic carbocycles. The fraction of sp³-hybridized carbons (Fsp3) is 0.488. The molecule has 2 atom stereocenters. The van der Waals surface area contributed by atoms with E-state index in [2.05, 4.69) is 79.4 Å². The largest absolute Gasteiger partial charge is 0.484 e. The number of ether oxygens (including phenoxy) is 1. The maximum absolute atomic E-state index is 13.5. The number of amides is 2. The molecule has 4 aromatic rings. The third-order valence-electron chi connectivity index (χ3n) is 10.9. The van der Waals surface area contributed by atoms with Crippen molar-refractivity contribution in [3.05, 3.63) is 95.3 Å². The first kappa shape index (κ1) is 41.5. The average Bonchev–Trinajstić information content (AvgIpc) is 3.54. The summed E-state index contributed by atoms with van der Waals surface area (Å²) in [5, 5.41) is 15.1. The number of fused-ring (bicyclic) bond motifs is 2. The van der Waals surface area contributed by atoms with Gasteiger partial charge in [0.2, 0.25) is 5.95 Å². The normalized spacial score (nSPS) is 16.8. The van der Waals surface area contributed by atoms with Crippen LogP contribution in [-0.4, -0.2) is 55.0 Å². The Morgan fingerprint density at radius 1 is 0.982 bits per heavy atom. The van der Waals surface area contributed by atoms with Gasteiger partial charge >= 0.3 is 6.03 Å². The zero-order valence-corrected chi connectivity index (χ0v) is 35.7. The number of allylic oxidation sites excluding steroid dienone is 1. The van der Waals surface area contributed by atoms with E-state index in [0.717, 1.165) is 34.0 Å². The van der Waals surface area contributed by atoms with Crippen molar-refractivity contribution in [2.45, 2.75) is 111 Å². The molecule has 0 radical (unpaired) electrons. The van der Waals surface area contributed by atoms with Gasteiger partial charge in [0.1, 0.15) is 17.7 Å². The van der Waals surface area contributed by atoms with E-state index in [1.54, 1.807) is 6.08 Å². The zero-order valence-electron chi connectivity index (χ0n) is 34.7. The Labute approximate surface area is 328 Å². The van der Waals surface area contributed by atoms with Crippen LogP contribution >= 0.6 is 0 Å². The van der Waals surface area contributed by atoms with E-state index in [1.165, 1.54) is 0 Å². The topological polar surface area (TPSA) is 131 Å². The van der Waals surface area contributed by atoms with E-state index in [-0.39, 0.29) is 23.6 Å². The van der Waals surface area contributed by atoms with E-state index in [1.807, 2.05) is 93.9 Å². The highest BCUT2D eigenvalue weighted by molar-refractivity contribution is 6.77. The lowest BCUT2D eigenvalue weighted by Crippen LogP contribution is -2.49. The number of likely N-dealkylation sites (N-methyl/N-ethyl adjacent to an activating group) is 1. The standard InChI is InChI=1S/C43H62N8O3Si/c1-28(2)55(29(3)4,30(5)6)53-25-24-50(11)42-49-48-40-23-20-33(27-51(40)42)54-37-22-21-36(34-14-12-13-15-35(34)37)46-41(52)47-39(26-38(44)43(8,9)10)45-32-18-16-31(7)17-19-32/h12-20,23,26-30,36-37H,21-22,24-25,44H2,1-11H3,(H2,45,46,47,52)/t36-,37+/m0/s1. The molecule has 0 unspecified atom stereocenters. The quantitative estimate of drug-likeness (QED) is 0.0702. The summed E-state index contributed by atoms with van der Waals surface area (Å²) in [5.74, 6) is 1.82. The predicted octanol–water partition coefficient (Wildman–Crippen LogP) is 9.54. The van der Waals surface area contributed by atoms with Crippen LogP contribution in [0.25, 0.3) is 5.65 Å². The molecule has 4 N–H and O–H groups in total. The number of anilines is 1. The van der Waals surface area contributed by atoms with Crippen molar-refractivity contribution in [1.82, 2.24) is 25.2 Å². The minimum absolute atomic E-state index is 0.199. The van der Waals surface area contributed by atoms with Gasteiger partial charge in [0.15, 0.2) is 14.0 Å². The summed E-state index contributed by atoms with van der Waals surface area (Å²) in [6, 6.07) is 19.3. The SMILES string of the molecule is Cc1ccc(N=C(C=C(N)C(C)(C)C)NC(=O)N[C@H]2CC[C@@H](Oc3ccc4nnc(N(C)CCO[Si](C(C)C)(C(C)C)C(C)C)n4c3)c3ccccc32)cc1. The van der Waals surface area contributed by atoms with Gasteiger partial charge in [-0.3, -0.25) is 9.72 Å². The second-order valence-corrected chi connectivity index (χ2v) is 22.3. The molecule has 2 aromatic heterocycles. The summed E-state index contributed by atoms with van der Waals surface area (Å²) in [6.45, 7) is 23.3. The summed E-state index contributed by atoms with van der Waals surface area (Å²) in [4.78, 5) is 20.4. The fourth-order valence-electron chi connectivity index (χ4n) is 7.86. The van der Waals surface area contributed by atoms with Crippen molar-refractivity contribution in [3.8, 4) is 5.75 Å². The average molecular weight is 767 g/mol. The van der Waals surface area contributed by atoms with Crippen LogP contribution in [-0.2, 0) is 4.43 Å². The number of rotatable bonds is 13. The molecule has 296 valence electrons. The van der Waals surface area contributed by atoms with Crippen molar-refractivity contribution in [2.75, 3.05) is 25.1 Å². The summed E-state index contributed by atoms with van der Waals surface area (Å²) < 4.78 is 15.5. The molecule has 55 heavy (non-hydrogen) atoms. The van der Waals surface area contributed by atoms with Gasteiger partial charge in [-0.1, -0.05) is 104 Å². The van der Waals surface area contributed by atoms with Crippen molar-refractivity contribution in [3.63, 3.8) is 0 Å². The lowest BCUT2D eigenvalue weighted by Gasteiger charge is -2.42. The molecule has 0 bridgehead atoms. The van der Waals surface area contributed by atoms with Gasteiger partial charge in [0.25, 0.3) is 0 Å². The minimum atomic E-state index is -1.97. The van der Waals surface area contributed by atoms with E-state index in [0.29, 0.717) is 59.9 Å². The van der Waals surface area contributed by atoms with Gasteiger partial charge in [-0.15, -0.1) is 10.2 Å². The van der Waals surface area contributed by atoms with E-state index < -0.39 is 8.32 Å². The molecule has 12 heteroatoms. The van der Waals surface area contributed by atoms with Crippen LogP contribution in [0, 0.1) is 12.3 Å². The summed E-state index contributed by atoms with van der Waals surface area (Å²) in [6.07, 6.45) is 4.90. The fourth-order valence-corrected chi connectivity index (χ4v) is 13.3. The number of benzene rings is 2. The van der Waals surface area contributed by atoms with E-state index in [9.17, 15) is 4.79 Å². The molecule has 2 heterocycles. The second kappa shape index (κ2) is 17.4. The van der Waals surface area contributed by atoms with Gasteiger partial charge in [-0.2, -0.15) is 0 Å². The van der Waals surface area contributed by atoms with Crippen molar-refractivity contribution in [2.24, 2.45) is 16.1 Å². The number of nitrogens with two attached hydrogens (primary N) is 1. The zero-order chi connectivity index (χ0) is 40.1. The van der Waals surface area contributed by atoms with Crippen LogP contribution in [0.4, 0.5) is 16.4 Å². The molecular formula is C43H62N8O3Si. The van der Waals surface area contributed by atoms with Crippen LogP contribution in [0.3, 0.4) is 0 Å². The van der Waals surface area contributed by atoms with Crippen molar-refractivity contribution >= 4 is 37.5 Å². The number of carbonyl (C=O) groups is 1. The Morgan fingerprint density at radius 2 is 1.64 bits per heavy atom. The number of hydrogen-bond donors (Lipinski definition) is 3. The number of carbonyl (C=O) groups excluding carboxylic acids is 1. The van der Waals surface area contributed by atoms with E-state index in [4.69, 9.17) is 19.9 Å². The summed E-state index contributed by atoms with van der Waals surface area (Å²) in [5.41, 5.74) is 13.0. The minimum Gasteiger partial charge on any atom is -0.484 e. The Morgan fingerprint density at radius 3 is 2.27 bits per heavy atom. The third-order valence-corrected chi connectivity index (χ3v) is 17.0. The lowest BCUT2D eigenvalue weighted by molar-refractivity contribution is 0.171. The molecule has 11 nitrogen and oxygen atoms in total. The Hall–Kier alpha value is -4.68. The number of nitrogens with zero attached hydrogens (tertiary/aromatic N) is 5. The van der Waals surface area contributed by atoms with Gasteiger partial charge in [0.05, 0.1) is 24.5 Å². The molecular weight excluding hydrogens is 705 g/mol. The van der Waals surface area contributed by atoms with Gasteiger partial charge < -0.3 is 25.1 Å². The predicted molar refractivity (Wildman–Crippen MR) is 227 cm³/mol. The van der Waals surface area contributed by atoms with E-state index >= 15 is 0 Å². The van der Waals surface area contributed by atoms with Crippen LogP contribution < -0.4 is 26.0 Å². The molecule has 2 aromatic carbocycles. The number of pyridine rings is 1. The molecule has 5 rings (SSSR count). The monoisotopic (exact) mass is 766 g/mol. The number of nitrogens with one attached hydrogen (secondary N) is 2. The first-order valence-corrected chi connectivity index (χ1v) is 21.8. The molecule has 0 aliphatic heterocycles. The molecule has 0 spiro atoms. The molecule has 0 fully saturated rings. The number of urea groups is 1. The van der Waals surface area contributed by atoms with Crippen molar-refractivity contribution < 1.29 is 14.0 Å². The van der Waals surface area contributed by atoms with Gasteiger partial charge in [0, 0.05) is 30.8 Å². The Kier molecular flexibility index (Phi) is 13.1. The number of hydrogen-bond acceptors (Lipinski definition) is 8. The van der Waals surface area contributed by atoms with Crippen LogP contribution in [0.5, 0.6) is 5.75 Å². The lowest BCUT2D eigenvalue weighted by atomic mass is 9.85. The number of amidine groups is 1. The smallest absolute Gasteiger partial charge is 0.320 e. The molecule has 0 saturated carbocycles. The molecule has 0 saturated heterocycles. The highest BCUT2D eigenvalue weighted by Gasteiger charge is 2.45.